The molecule has 2 aromatic rings. The lowest BCUT2D eigenvalue weighted by molar-refractivity contribution is 0.386. The van der Waals surface area contributed by atoms with Crippen molar-refractivity contribution in [1.82, 2.24) is 15.3 Å². The first-order valence-corrected chi connectivity index (χ1v) is 6.85. The number of rotatable bonds is 4. The van der Waals surface area contributed by atoms with Gasteiger partial charge in [0.25, 0.3) is 0 Å². The maximum atomic E-state index is 13.7. The maximum absolute atomic E-state index is 13.7. The van der Waals surface area contributed by atoms with Gasteiger partial charge in [0.05, 0.1) is 19.0 Å². The van der Waals surface area contributed by atoms with E-state index in [2.05, 4.69) is 15.3 Å². The molecule has 1 aromatic heterocycles. The smallest absolute Gasteiger partial charge is 0.165 e. The molecule has 5 heteroatoms. The highest BCUT2D eigenvalue weighted by Crippen LogP contribution is 2.25. The van der Waals surface area contributed by atoms with Crippen LogP contribution in [0.1, 0.15) is 12.2 Å². The molecule has 106 valence electrons. The zero-order valence-corrected chi connectivity index (χ0v) is 11.4. The van der Waals surface area contributed by atoms with Gasteiger partial charge >= 0.3 is 0 Å². The first-order chi connectivity index (χ1) is 9.76. The van der Waals surface area contributed by atoms with Gasteiger partial charge in [0, 0.05) is 12.0 Å². The number of aromatic nitrogens is 2. The van der Waals surface area contributed by atoms with E-state index < -0.39 is 0 Å². The van der Waals surface area contributed by atoms with Gasteiger partial charge in [-0.3, -0.25) is 0 Å². The fourth-order valence-corrected chi connectivity index (χ4v) is 2.61. The van der Waals surface area contributed by atoms with Gasteiger partial charge in [0.1, 0.15) is 5.82 Å². The van der Waals surface area contributed by atoms with Gasteiger partial charge in [-0.25, -0.2) is 9.37 Å². The van der Waals surface area contributed by atoms with Crippen LogP contribution < -0.4 is 10.1 Å². The zero-order chi connectivity index (χ0) is 13.9. The van der Waals surface area contributed by atoms with Gasteiger partial charge in [0.2, 0.25) is 0 Å². The van der Waals surface area contributed by atoms with Crippen molar-refractivity contribution in [2.24, 2.45) is 5.92 Å². The second-order valence-electron chi connectivity index (χ2n) is 5.16. The average Bonchev–Trinajstić information content (AvgIpc) is 3.11. The van der Waals surface area contributed by atoms with E-state index in [1.165, 1.54) is 19.6 Å². The fourth-order valence-electron chi connectivity index (χ4n) is 2.61. The van der Waals surface area contributed by atoms with Crippen LogP contribution in [-0.2, 0) is 6.42 Å². The first-order valence-electron chi connectivity index (χ1n) is 6.85. The summed E-state index contributed by atoms with van der Waals surface area (Å²) in [4.78, 5) is 7.67. The fraction of sp³-hybridized carbons (Fsp3) is 0.400. The minimum atomic E-state index is -0.360. The molecule has 3 rings (SSSR count). The second kappa shape index (κ2) is 5.63. The Balaban J connectivity index is 1.77. The van der Waals surface area contributed by atoms with Crippen molar-refractivity contribution in [3.8, 4) is 17.0 Å². The molecule has 0 bridgehead atoms. The minimum absolute atomic E-state index is 0.255. The van der Waals surface area contributed by atoms with Crippen LogP contribution in [0.3, 0.4) is 0 Å². The van der Waals surface area contributed by atoms with E-state index in [4.69, 9.17) is 4.74 Å². The molecule has 0 spiro atoms. The molecule has 4 nitrogen and oxygen atoms in total. The molecule has 2 N–H and O–H groups in total. The molecule has 1 aromatic carbocycles. The SMILES string of the molecule is COc1ccc(-c2cnc(CC3CCNC3)[nH]2)cc1F. The first kappa shape index (κ1) is 13.1. The molecule has 1 unspecified atom stereocenters. The maximum Gasteiger partial charge on any atom is 0.165 e. The average molecular weight is 275 g/mol. The number of nitrogens with one attached hydrogen (secondary N) is 2. The lowest BCUT2D eigenvalue weighted by atomic mass is 10.1. The molecular weight excluding hydrogens is 257 g/mol. The molecule has 20 heavy (non-hydrogen) atoms. The number of methoxy groups -OCH3 is 1. The monoisotopic (exact) mass is 275 g/mol. The van der Waals surface area contributed by atoms with Crippen LogP contribution in [0.2, 0.25) is 0 Å². The Morgan fingerprint density at radius 3 is 3.05 bits per heavy atom. The van der Waals surface area contributed by atoms with Gasteiger partial charge in [-0.2, -0.15) is 0 Å². The molecule has 1 saturated heterocycles. The van der Waals surface area contributed by atoms with E-state index in [1.54, 1.807) is 12.3 Å². The summed E-state index contributed by atoms with van der Waals surface area (Å²) < 4.78 is 18.6. The largest absolute Gasteiger partial charge is 0.494 e. The highest BCUT2D eigenvalue weighted by molar-refractivity contribution is 5.59. The van der Waals surface area contributed by atoms with Crippen LogP contribution in [0.4, 0.5) is 4.39 Å². The lowest BCUT2D eigenvalue weighted by Crippen LogP contribution is -2.11. The van der Waals surface area contributed by atoms with Gasteiger partial charge in [-0.15, -0.1) is 0 Å². The van der Waals surface area contributed by atoms with Gasteiger partial charge in [0.15, 0.2) is 11.6 Å². The molecular formula is C15H18FN3O. The molecule has 0 aliphatic carbocycles. The molecule has 1 atom stereocenters. The van der Waals surface area contributed by atoms with Crippen molar-refractivity contribution in [1.29, 1.82) is 0 Å². The van der Waals surface area contributed by atoms with Crippen molar-refractivity contribution in [2.45, 2.75) is 12.8 Å². The Bertz CT molecular complexity index is 591. The molecule has 2 heterocycles. The van der Waals surface area contributed by atoms with Crippen molar-refractivity contribution in [3.63, 3.8) is 0 Å². The Hall–Kier alpha value is -1.88. The van der Waals surface area contributed by atoms with Crippen molar-refractivity contribution in [3.05, 3.63) is 36.0 Å². The van der Waals surface area contributed by atoms with E-state index in [-0.39, 0.29) is 11.6 Å². The number of nitrogens with zero attached hydrogens (tertiary/aromatic N) is 1. The van der Waals surface area contributed by atoms with E-state index in [1.807, 2.05) is 6.07 Å². The predicted octanol–water partition coefficient (Wildman–Crippen LogP) is 2.38. The number of hydrogen-bond donors (Lipinski definition) is 2. The molecule has 0 saturated carbocycles. The Labute approximate surface area is 117 Å². The number of imidazole rings is 1. The van der Waals surface area contributed by atoms with Crippen LogP contribution in [0, 0.1) is 11.7 Å². The summed E-state index contributed by atoms with van der Waals surface area (Å²) in [6.45, 7) is 2.13. The van der Waals surface area contributed by atoms with Crippen LogP contribution in [0.15, 0.2) is 24.4 Å². The Morgan fingerprint density at radius 1 is 1.45 bits per heavy atom. The van der Waals surface area contributed by atoms with Crippen LogP contribution in [0.25, 0.3) is 11.3 Å². The number of hydrogen-bond acceptors (Lipinski definition) is 3. The number of aromatic amines is 1. The number of halogens is 1. The van der Waals surface area contributed by atoms with Crippen LogP contribution in [0.5, 0.6) is 5.75 Å². The van der Waals surface area contributed by atoms with E-state index in [0.29, 0.717) is 5.92 Å². The molecule has 1 aliphatic heterocycles. The minimum Gasteiger partial charge on any atom is -0.494 e. The second-order valence-corrected chi connectivity index (χ2v) is 5.16. The number of H-pyrrole nitrogens is 1. The third-order valence-corrected chi connectivity index (χ3v) is 3.74. The molecule has 0 radical (unpaired) electrons. The summed E-state index contributed by atoms with van der Waals surface area (Å²) in [5, 5.41) is 3.35. The molecule has 1 aliphatic rings. The summed E-state index contributed by atoms with van der Waals surface area (Å²) in [5.41, 5.74) is 1.62. The molecule has 0 amide bonds. The van der Waals surface area contributed by atoms with Gasteiger partial charge in [-0.05, 0) is 43.6 Å². The summed E-state index contributed by atoms with van der Waals surface area (Å²) in [6, 6.07) is 4.93. The molecule has 1 fully saturated rings. The summed E-state index contributed by atoms with van der Waals surface area (Å²) >= 11 is 0. The Morgan fingerprint density at radius 2 is 2.35 bits per heavy atom. The van der Waals surface area contributed by atoms with Crippen molar-refractivity contribution in [2.75, 3.05) is 20.2 Å². The quantitative estimate of drug-likeness (QED) is 0.900. The van der Waals surface area contributed by atoms with Crippen molar-refractivity contribution < 1.29 is 9.13 Å². The lowest BCUT2D eigenvalue weighted by Gasteiger charge is -2.05. The van der Waals surface area contributed by atoms with Gasteiger partial charge in [-0.1, -0.05) is 0 Å². The van der Waals surface area contributed by atoms with Gasteiger partial charge < -0.3 is 15.0 Å². The summed E-state index contributed by atoms with van der Waals surface area (Å²) in [7, 11) is 1.46. The number of benzene rings is 1. The zero-order valence-electron chi connectivity index (χ0n) is 11.4. The third-order valence-electron chi connectivity index (χ3n) is 3.74. The number of ether oxygens (including phenoxy) is 1. The van der Waals surface area contributed by atoms with Crippen molar-refractivity contribution >= 4 is 0 Å². The standard InChI is InChI=1S/C15H18FN3O/c1-20-14-3-2-11(7-12(14)16)13-9-18-15(19-13)6-10-4-5-17-8-10/h2-3,7,9-10,17H,4-6,8H2,1H3,(H,18,19). The predicted molar refractivity (Wildman–Crippen MR) is 75.2 cm³/mol. The van der Waals surface area contributed by atoms with Crippen LogP contribution in [-0.4, -0.2) is 30.2 Å². The van der Waals surface area contributed by atoms with Crippen LogP contribution >= 0.6 is 0 Å². The summed E-state index contributed by atoms with van der Waals surface area (Å²) in [6.07, 6.45) is 3.89. The van der Waals surface area contributed by atoms with E-state index >= 15 is 0 Å². The van der Waals surface area contributed by atoms with E-state index in [9.17, 15) is 4.39 Å². The highest BCUT2D eigenvalue weighted by Gasteiger charge is 2.16. The normalized spacial score (nSPS) is 18.4. The highest BCUT2D eigenvalue weighted by atomic mass is 19.1. The Kier molecular flexibility index (Phi) is 3.69. The summed E-state index contributed by atoms with van der Waals surface area (Å²) in [5.74, 6) is 1.50. The topological polar surface area (TPSA) is 49.9 Å². The van der Waals surface area contributed by atoms with E-state index in [0.717, 1.165) is 36.6 Å². The third kappa shape index (κ3) is 2.67.